The van der Waals surface area contributed by atoms with Crippen molar-refractivity contribution in [2.75, 3.05) is 0 Å². The van der Waals surface area contributed by atoms with Crippen molar-refractivity contribution in [2.45, 2.75) is 32.7 Å². The number of alkyl halides is 2. The molecule has 2 heterocycles. The quantitative estimate of drug-likeness (QED) is 0.840. The van der Waals surface area contributed by atoms with Crippen molar-refractivity contribution in [2.24, 2.45) is 0 Å². The van der Waals surface area contributed by atoms with Crippen LogP contribution in [0.25, 0.3) is 11.4 Å². The van der Waals surface area contributed by atoms with Crippen LogP contribution in [0.15, 0.2) is 24.7 Å². The summed E-state index contributed by atoms with van der Waals surface area (Å²) in [4.78, 5) is 8.51. The number of rotatable bonds is 4. The molecular weight excluding hydrogens is 238 g/mol. The zero-order valence-electron chi connectivity index (χ0n) is 10.2. The molecule has 6 heteroatoms. The Morgan fingerprint density at radius 1 is 1.28 bits per heavy atom. The van der Waals surface area contributed by atoms with E-state index in [1.165, 1.54) is 10.9 Å². The van der Waals surface area contributed by atoms with E-state index in [1.54, 1.807) is 18.5 Å². The summed E-state index contributed by atoms with van der Waals surface area (Å²) in [6.07, 6.45) is 2.29. The van der Waals surface area contributed by atoms with Gasteiger partial charge in [-0.2, -0.15) is 5.10 Å². The average Bonchev–Trinajstić information content (AvgIpc) is 2.76. The lowest BCUT2D eigenvalue weighted by atomic mass is 10.1. The van der Waals surface area contributed by atoms with Gasteiger partial charge in [-0.05, 0) is 12.0 Å². The molecule has 0 atom stereocenters. The summed E-state index contributed by atoms with van der Waals surface area (Å²) in [5.41, 5.74) is 1.96. The molecule has 2 aromatic rings. The summed E-state index contributed by atoms with van der Waals surface area (Å²) in [5.74, 6) is 0.240. The van der Waals surface area contributed by atoms with E-state index in [2.05, 4.69) is 15.1 Å². The molecule has 0 saturated carbocycles. The molecule has 2 rings (SSSR count). The van der Waals surface area contributed by atoms with Crippen LogP contribution in [-0.4, -0.2) is 26.2 Å². The summed E-state index contributed by atoms with van der Waals surface area (Å²) in [6, 6.07) is 1.66. The highest BCUT2D eigenvalue weighted by molar-refractivity contribution is 5.52. The van der Waals surface area contributed by atoms with Gasteiger partial charge < -0.3 is 0 Å². The Balaban J connectivity index is 2.36. The van der Waals surface area contributed by atoms with Crippen molar-refractivity contribution in [3.8, 4) is 11.4 Å². The molecule has 0 unspecified atom stereocenters. The molecule has 0 N–H and O–H groups in total. The normalized spacial score (nSPS) is 11.4. The van der Waals surface area contributed by atoms with E-state index in [0.29, 0.717) is 11.4 Å². The molecule has 0 aliphatic rings. The van der Waals surface area contributed by atoms with Crippen LogP contribution in [0.4, 0.5) is 8.78 Å². The summed E-state index contributed by atoms with van der Waals surface area (Å²) >= 11 is 0. The Kier molecular flexibility index (Phi) is 3.64. The molecule has 0 aromatic carbocycles. The highest BCUT2D eigenvalue weighted by Gasteiger charge is 2.12. The first-order valence-corrected chi connectivity index (χ1v) is 5.70. The van der Waals surface area contributed by atoms with Crippen LogP contribution in [0.5, 0.6) is 0 Å². The van der Waals surface area contributed by atoms with E-state index in [1.807, 2.05) is 13.8 Å². The van der Waals surface area contributed by atoms with Crippen LogP contribution in [0.2, 0.25) is 0 Å². The van der Waals surface area contributed by atoms with Gasteiger partial charge in [0.2, 0.25) is 0 Å². The lowest BCUT2D eigenvalue weighted by Crippen LogP contribution is -2.10. The number of nitrogens with zero attached hydrogens (tertiary/aromatic N) is 4. The van der Waals surface area contributed by atoms with Crippen LogP contribution in [0.3, 0.4) is 0 Å². The maximum absolute atomic E-state index is 12.4. The van der Waals surface area contributed by atoms with E-state index < -0.39 is 13.0 Å². The summed E-state index contributed by atoms with van der Waals surface area (Å²) in [6.45, 7) is 3.57. The first-order valence-electron chi connectivity index (χ1n) is 5.70. The van der Waals surface area contributed by atoms with Crippen molar-refractivity contribution in [1.29, 1.82) is 0 Å². The van der Waals surface area contributed by atoms with Crippen molar-refractivity contribution in [3.05, 3.63) is 30.4 Å². The van der Waals surface area contributed by atoms with Crippen LogP contribution < -0.4 is 0 Å². The molecular formula is C12H14F2N4. The van der Waals surface area contributed by atoms with Crippen LogP contribution >= 0.6 is 0 Å². The number of aromatic nitrogens is 4. The van der Waals surface area contributed by atoms with Gasteiger partial charge >= 0.3 is 0 Å². The fraction of sp³-hybridized carbons (Fsp3) is 0.417. The minimum Gasteiger partial charge on any atom is -0.260 e. The molecule has 2 aromatic heterocycles. The Labute approximate surface area is 104 Å². The number of halogens is 2. The fourth-order valence-electron chi connectivity index (χ4n) is 1.61. The Morgan fingerprint density at radius 2 is 2.06 bits per heavy atom. The van der Waals surface area contributed by atoms with Crippen molar-refractivity contribution in [3.63, 3.8) is 0 Å². The first-order chi connectivity index (χ1) is 8.58. The molecule has 18 heavy (non-hydrogen) atoms. The zero-order chi connectivity index (χ0) is 13.1. The SMILES string of the molecule is CC(C)c1cncc(-c2ccnn2CC(F)F)n1. The maximum atomic E-state index is 12.4. The molecule has 0 fully saturated rings. The van der Waals surface area contributed by atoms with Crippen molar-refractivity contribution >= 4 is 0 Å². The van der Waals surface area contributed by atoms with Gasteiger partial charge in [0.05, 0.1) is 17.6 Å². The lowest BCUT2D eigenvalue weighted by molar-refractivity contribution is 0.122. The lowest BCUT2D eigenvalue weighted by Gasteiger charge is -2.08. The van der Waals surface area contributed by atoms with Gasteiger partial charge in [0.1, 0.15) is 12.2 Å². The minimum atomic E-state index is -2.44. The Hall–Kier alpha value is -1.85. The van der Waals surface area contributed by atoms with Gasteiger partial charge in [0.15, 0.2) is 0 Å². The third kappa shape index (κ3) is 2.69. The van der Waals surface area contributed by atoms with Gasteiger partial charge in [-0.3, -0.25) is 9.67 Å². The average molecular weight is 252 g/mol. The molecule has 0 saturated heterocycles. The third-order valence-corrected chi connectivity index (χ3v) is 2.53. The molecule has 0 aliphatic carbocycles. The summed E-state index contributed by atoms with van der Waals surface area (Å²) in [5, 5.41) is 3.88. The van der Waals surface area contributed by atoms with Gasteiger partial charge in [0, 0.05) is 12.4 Å². The van der Waals surface area contributed by atoms with Crippen LogP contribution in [-0.2, 0) is 6.54 Å². The van der Waals surface area contributed by atoms with Gasteiger partial charge in [-0.25, -0.2) is 13.8 Å². The molecule has 0 bridgehead atoms. The van der Waals surface area contributed by atoms with Gasteiger partial charge in [-0.15, -0.1) is 0 Å². The van der Waals surface area contributed by atoms with Crippen LogP contribution in [0, 0.1) is 0 Å². The first kappa shape index (κ1) is 12.6. The molecule has 0 spiro atoms. The largest absolute Gasteiger partial charge is 0.260 e. The monoisotopic (exact) mass is 252 g/mol. The molecule has 96 valence electrons. The highest BCUT2D eigenvalue weighted by Crippen LogP contribution is 2.19. The van der Waals surface area contributed by atoms with E-state index in [0.717, 1.165) is 5.69 Å². The van der Waals surface area contributed by atoms with Gasteiger partial charge in [0.25, 0.3) is 6.43 Å². The van der Waals surface area contributed by atoms with Crippen LogP contribution in [0.1, 0.15) is 25.5 Å². The molecule has 0 radical (unpaired) electrons. The molecule has 4 nitrogen and oxygen atoms in total. The summed E-state index contributed by atoms with van der Waals surface area (Å²) in [7, 11) is 0. The number of hydrogen-bond acceptors (Lipinski definition) is 3. The second kappa shape index (κ2) is 5.20. The maximum Gasteiger partial charge on any atom is 0.257 e. The highest BCUT2D eigenvalue weighted by atomic mass is 19.3. The minimum absolute atomic E-state index is 0.240. The topological polar surface area (TPSA) is 43.6 Å². The van der Waals surface area contributed by atoms with E-state index in [9.17, 15) is 8.78 Å². The predicted octanol–water partition coefficient (Wildman–Crippen LogP) is 2.73. The predicted molar refractivity (Wildman–Crippen MR) is 63.3 cm³/mol. The third-order valence-electron chi connectivity index (χ3n) is 2.53. The van der Waals surface area contributed by atoms with E-state index in [4.69, 9.17) is 0 Å². The van der Waals surface area contributed by atoms with E-state index >= 15 is 0 Å². The smallest absolute Gasteiger partial charge is 0.257 e. The van der Waals surface area contributed by atoms with Crippen molar-refractivity contribution < 1.29 is 8.78 Å². The second-order valence-corrected chi connectivity index (χ2v) is 4.27. The zero-order valence-corrected chi connectivity index (χ0v) is 10.2. The summed E-state index contributed by atoms with van der Waals surface area (Å²) < 4.78 is 26.1. The number of hydrogen-bond donors (Lipinski definition) is 0. The Morgan fingerprint density at radius 3 is 2.72 bits per heavy atom. The standard InChI is InChI=1S/C12H14F2N4/c1-8(2)9-5-15-6-10(17-9)11-3-4-16-18(11)7-12(13)14/h3-6,8,12H,7H2,1-2H3. The van der Waals surface area contributed by atoms with E-state index in [-0.39, 0.29) is 5.92 Å². The molecule has 0 amide bonds. The Bertz CT molecular complexity index is 522. The fourth-order valence-corrected chi connectivity index (χ4v) is 1.61. The second-order valence-electron chi connectivity index (χ2n) is 4.27. The van der Waals surface area contributed by atoms with Crippen molar-refractivity contribution in [1.82, 2.24) is 19.7 Å². The van der Waals surface area contributed by atoms with Gasteiger partial charge in [-0.1, -0.05) is 13.8 Å². The molecule has 0 aliphatic heterocycles.